The van der Waals surface area contributed by atoms with Crippen LogP contribution < -0.4 is 0 Å². The van der Waals surface area contributed by atoms with Gasteiger partial charge in [0.25, 0.3) is 0 Å². The van der Waals surface area contributed by atoms with E-state index in [4.69, 9.17) is 0 Å². The van der Waals surface area contributed by atoms with Crippen molar-refractivity contribution in [1.29, 1.82) is 0 Å². The third kappa shape index (κ3) is 1.46. The van der Waals surface area contributed by atoms with Gasteiger partial charge < -0.3 is 5.11 Å². The molecule has 1 aromatic carbocycles. The molecule has 0 amide bonds. The highest BCUT2D eigenvalue weighted by molar-refractivity contribution is 5.36. The molecule has 0 radical (unpaired) electrons. The van der Waals surface area contributed by atoms with E-state index >= 15 is 0 Å². The minimum Gasteiger partial charge on any atom is -0.388 e. The van der Waals surface area contributed by atoms with E-state index in [0.717, 1.165) is 18.4 Å². The summed E-state index contributed by atoms with van der Waals surface area (Å²) >= 11 is 0. The molecule has 1 aliphatic rings. The van der Waals surface area contributed by atoms with E-state index in [-0.39, 0.29) is 11.5 Å². The van der Waals surface area contributed by atoms with Crippen LogP contribution in [0.25, 0.3) is 0 Å². The van der Waals surface area contributed by atoms with E-state index in [9.17, 15) is 5.11 Å². The van der Waals surface area contributed by atoms with Crippen LogP contribution in [0.2, 0.25) is 0 Å². The van der Waals surface area contributed by atoms with Gasteiger partial charge in [-0.1, -0.05) is 25.1 Å². The van der Waals surface area contributed by atoms with Gasteiger partial charge in [-0.25, -0.2) is 0 Å². The van der Waals surface area contributed by atoms with Gasteiger partial charge in [0.2, 0.25) is 0 Å². The largest absolute Gasteiger partial charge is 0.388 e. The molecule has 2 rings (SSSR count). The predicted molar refractivity (Wildman–Crippen MR) is 58.2 cm³/mol. The lowest BCUT2D eigenvalue weighted by Crippen LogP contribution is -2.11. The van der Waals surface area contributed by atoms with Crippen LogP contribution in [0, 0.1) is 19.3 Å². The molecule has 1 atom stereocenters. The van der Waals surface area contributed by atoms with E-state index in [1.54, 1.807) is 0 Å². The molecule has 0 spiro atoms. The van der Waals surface area contributed by atoms with Crippen LogP contribution in [0.1, 0.15) is 42.6 Å². The first-order chi connectivity index (χ1) is 6.54. The van der Waals surface area contributed by atoms with Gasteiger partial charge in [0.15, 0.2) is 0 Å². The second-order valence-corrected chi connectivity index (χ2v) is 4.85. The van der Waals surface area contributed by atoms with Gasteiger partial charge in [-0.2, -0.15) is 0 Å². The van der Waals surface area contributed by atoms with E-state index < -0.39 is 0 Å². The molecule has 1 nitrogen and oxygen atoms in total. The maximum atomic E-state index is 10.2. The molecule has 0 bridgehead atoms. The Morgan fingerprint density at radius 1 is 1.29 bits per heavy atom. The molecule has 1 saturated carbocycles. The number of rotatable bonds is 2. The van der Waals surface area contributed by atoms with Crippen molar-refractivity contribution >= 4 is 0 Å². The van der Waals surface area contributed by atoms with Gasteiger partial charge in [-0.05, 0) is 48.8 Å². The second kappa shape index (κ2) is 3.09. The Hall–Kier alpha value is -0.820. The lowest BCUT2D eigenvalue weighted by Gasteiger charge is -2.20. The first-order valence-electron chi connectivity index (χ1n) is 5.29. The average molecular weight is 190 g/mol. The van der Waals surface area contributed by atoms with Gasteiger partial charge in [0.05, 0.1) is 6.10 Å². The normalized spacial score (nSPS) is 20.6. The van der Waals surface area contributed by atoms with Gasteiger partial charge >= 0.3 is 0 Å². The van der Waals surface area contributed by atoms with Crippen LogP contribution in [0.4, 0.5) is 0 Å². The summed E-state index contributed by atoms with van der Waals surface area (Å²) in [6, 6.07) is 6.18. The summed E-state index contributed by atoms with van der Waals surface area (Å²) in [4.78, 5) is 0. The predicted octanol–water partition coefficient (Wildman–Crippen LogP) is 3.14. The summed E-state index contributed by atoms with van der Waals surface area (Å²) < 4.78 is 0. The fraction of sp³-hybridized carbons (Fsp3) is 0.538. The fourth-order valence-electron chi connectivity index (χ4n) is 1.92. The smallest absolute Gasteiger partial charge is 0.0846 e. The maximum Gasteiger partial charge on any atom is 0.0846 e. The lowest BCUT2D eigenvalue weighted by atomic mass is 9.90. The van der Waals surface area contributed by atoms with Crippen molar-refractivity contribution in [2.24, 2.45) is 5.41 Å². The topological polar surface area (TPSA) is 20.2 Å². The summed E-state index contributed by atoms with van der Waals surface area (Å²) in [7, 11) is 0. The minimum absolute atomic E-state index is 0.151. The Labute approximate surface area is 85.8 Å². The van der Waals surface area contributed by atoms with Crippen LogP contribution in [0.15, 0.2) is 18.2 Å². The number of benzene rings is 1. The fourth-order valence-corrected chi connectivity index (χ4v) is 1.92. The number of hydrogen-bond acceptors (Lipinski definition) is 1. The highest BCUT2D eigenvalue weighted by atomic mass is 16.3. The number of hydrogen-bond donors (Lipinski definition) is 1. The van der Waals surface area contributed by atoms with Crippen molar-refractivity contribution in [3.05, 3.63) is 34.9 Å². The first-order valence-corrected chi connectivity index (χ1v) is 5.29. The molecule has 1 aliphatic carbocycles. The quantitative estimate of drug-likeness (QED) is 0.759. The monoisotopic (exact) mass is 190 g/mol. The van der Waals surface area contributed by atoms with Crippen LogP contribution in [0.5, 0.6) is 0 Å². The highest BCUT2D eigenvalue weighted by Gasteiger charge is 2.45. The Kier molecular flexibility index (Phi) is 2.15. The molecular formula is C13H18O. The van der Waals surface area contributed by atoms with Crippen molar-refractivity contribution in [3.8, 4) is 0 Å². The van der Waals surface area contributed by atoms with Crippen molar-refractivity contribution in [3.63, 3.8) is 0 Å². The lowest BCUT2D eigenvalue weighted by molar-refractivity contribution is 0.103. The molecule has 0 aromatic heterocycles. The highest BCUT2D eigenvalue weighted by Crippen LogP contribution is 2.54. The number of aliphatic hydroxyl groups is 1. The number of aryl methyl sites for hydroxylation is 1. The summed E-state index contributed by atoms with van der Waals surface area (Å²) in [5.41, 5.74) is 3.78. The van der Waals surface area contributed by atoms with E-state index in [1.807, 2.05) is 6.07 Å². The number of aliphatic hydroxyl groups excluding tert-OH is 1. The molecule has 0 aliphatic heterocycles. The van der Waals surface area contributed by atoms with Crippen LogP contribution in [-0.4, -0.2) is 5.11 Å². The van der Waals surface area contributed by atoms with E-state index in [1.165, 1.54) is 11.1 Å². The standard InChI is InChI=1S/C13H18O/c1-9-5-4-6-11(10(9)2)12(14)13(3)7-8-13/h4-6,12,14H,7-8H2,1-3H3. The Bertz CT molecular complexity index is 350. The minimum atomic E-state index is -0.276. The molecule has 1 aromatic rings. The van der Waals surface area contributed by atoms with Gasteiger partial charge in [-0.15, -0.1) is 0 Å². The molecule has 1 unspecified atom stereocenters. The Morgan fingerprint density at radius 3 is 2.50 bits per heavy atom. The van der Waals surface area contributed by atoms with Crippen molar-refractivity contribution in [1.82, 2.24) is 0 Å². The zero-order chi connectivity index (χ0) is 10.3. The molecular weight excluding hydrogens is 172 g/mol. The van der Waals surface area contributed by atoms with Crippen LogP contribution >= 0.6 is 0 Å². The molecule has 76 valence electrons. The summed E-state index contributed by atoms with van der Waals surface area (Å²) in [5, 5.41) is 10.2. The maximum absolute atomic E-state index is 10.2. The van der Waals surface area contributed by atoms with Crippen molar-refractivity contribution in [2.45, 2.75) is 39.7 Å². The average Bonchev–Trinajstić information content (AvgIpc) is 2.89. The molecule has 0 saturated heterocycles. The van der Waals surface area contributed by atoms with E-state index in [2.05, 4.69) is 32.9 Å². The van der Waals surface area contributed by atoms with E-state index in [0.29, 0.717) is 0 Å². The Morgan fingerprint density at radius 2 is 1.93 bits per heavy atom. The molecule has 1 heteroatoms. The van der Waals surface area contributed by atoms with Crippen LogP contribution in [0.3, 0.4) is 0 Å². The van der Waals surface area contributed by atoms with Gasteiger partial charge in [0.1, 0.15) is 0 Å². The second-order valence-electron chi connectivity index (χ2n) is 4.85. The van der Waals surface area contributed by atoms with Crippen LogP contribution in [-0.2, 0) is 0 Å². The SMILES string of the molecule is Cc1cccc(C(O)C2(C)CC2)c1C. The molecule has 14 heavy (non-hydrogen) atoms. The third-order valence-corrected chi connectivity index (χ3v) is 3.64. The zero-order valence-electron chi connectivity index (χ0n) is 9.17. The molecule has 1 N–H and O–H groups in total. The summed E-state index contributed by atoms with van der Waals surface area (Å²) in [6.45, 7) is 6.36. The van der Waals surface area contributed by atoms with Gasteiger partial charge in [0, 0.05) is 0 Å². The third-order valence-electron chi connectivity index (χ3n) is 3.64. The van der Waals surface area contributed by atoms with Crippen molar-refractivity contribution < 1.29 is 5.11 Å². The summed E-state index contributed by atoms with van der Waals surface area (Å²) in [5.74, 6) is 0. The molecule has 1 fully saturated rings. The van der Waals surface area contributed by atoms with Gasteiger partial charge in [-0.3, -0.25) is 0 Å². The first kappa shape index (κ1) is 9.72. The summed E-state index contributed by atoms with van der Waals surface area (Å²) in [6.07, 6.45) is 2.03. The zero-order valence-corrected chi connectivity index (χ0v) is 9.17. The molecule has 0 heterocycles. The van der Waals surface area contributed by atoms with Crippen molar-refractivity contribution in [2.75, 3.05) is 0 Å². The Balaban J connectivity index is 2.36.